The largest absolute Gasteiger partial charge is 0.379 e. The highest BCUT2D eigenvalue weighted by molar-refractivity contribution is 9.10. The monoisotopic (exact) mass is 258 g/mol. The van der Waals surface area contributed by atoms with Crippen molar-refractivity contribution >= 4 is 15.9 Å². The summed E-state index contributed by atoms with van der Waals surface area (Å²) in [6.07, 6.45) is 4.26. The zero-order chi connectivity index (χ0) is 9.97. The first kappa shape index (κ1) is 10.2. The first-order valence-electron chi connectivity index (χ1n) is 4.86. The molecule has 0 radical (unpaired) electrons. The minimum atomic E-state index is 0.866. The molecule has 0 N–H and O–H groups in total. The molecule has 0 atom stereocenters. The summed E-state index contributed by atoms with van der Waals surface area (Å²) >= 11 is 3.57. The Morgan fingerprint density at radius 2 is 2.07 bits per heavy atom. The van der Waals surface area contributed by atoms with E-state index in [0.717, 1.165) is 32.8 Å². The molecule has 0 unspecified atom stereocenters. The fraction of sp³-hybridized carbons (Fsp3) is 0.600. The maximum absolute atomic E-state index is 5.31. The molecule has 1 aliphatic rings. The molecule has 2 heterocycles. The third kappa shape index (κ3) is 2.38. The number of hydrogen-bond acceptors (Lipinski definition) is 2. The van der Waals surface area contributed by atoms with Crippen molar-refractivity contribution in [2.45, 2.75) is 6.54 Å². The van der Waals surface area contributed by atoms with Crippen molar-refractivity contribution in [3.63, 3.8) is 0 Å². The predicted molar refractivity (Wildman–Crippen MR) is 59.2 cm³/mol. The molecule has 0 spiro atoms. The Bertz CT molecular complexity index is 305. The van der Waals surface area contributed by atoms with Gasteiger partial charge in [0.15, 0.2) is 0 Å². The number of ether oxygens (including phenoxy) is 1. The number of halogens is 1. The number of morpholine rings is 1. The third-order valence-corrected chi connectivity index (χ3v) is 3.19. The van der Waals surface area contributed by atoms with Gasteiger partial charge in [-0.2, -0.15) is 0 Å². The van der Waals surface area contributed by atoms with Crippen LogP contribution in [0.25, 0.3) is 0 Å². The van der Waals surface area contributed by atoms with Crippen LogP contribution in [0.2, 0.25) is 0 Å². The summed E-state index contributed by atoms with van der Waals surface area (Å²) in [5, 5.41) is 0. The first-order chi connectivity index (χ1) is 6.75. The van der Waals surface area contributed by atoms with Crippen molar-refractivity contribution in [2.75, 3.05) is 26.3 Å². The molecule has 0 bridgehead atoms. The molecular formula is C10H15BrN2O. The van der Waals surface area contributed by atoms with Gasteiger partial charge in [-0.15, -0.1) is 0 Å². The molecule has 0 aromatic carbocycles. The van der Waals surface area contributed by atoms with Gasteiger partial charge in [0.25, 0.3) is 0 Å². The lowest BCUT2D eigenvalue weighted by molar-refractivity contribution is 0.0341. The first-order valence-corrected chi connectivity index (χ1v) is 5.65. The van der Waals surface area contributed by atoms with E-state index in [9.17, 15) is 0 Å². The van der Waals surface area contributed by atoms with Crippen LogP contribution in [0.3, 0.4) is 0 Å². The molecule has 0 saturated carbocycles. The number of hydrogen-bond donors (Lipinski definition) is 0. The summed E-state index contributed by atoms with van der Waals surface area (Å²) in [7, 11) is 2.05. The summed E-state index contributed by atoms with van der Waals surface area (Å²) in [5.74, 6) is 0. The number of rotatable bonds is 2. The van der Waals surface area contributed by atoms with Gasteiger partial charge in [0.2, 0.25) is 0 Å². The van der Waals surface area contributed by atoms with Gasteiger partial charge in [-0.1, -0.05) is 0 Å². The molecule has 1 aliphatic heterocycles. The lowest BCUT2D eigenvalue weighted by atomic mass is 10.3. The zero-order valence-corrected chi connectivity index (χ0v) is 9.96. The highest BCUT2D eigenvalue weighted by Gasteiger charge is 2.12. The molecule has 1 aromatic heterocycles. The topological polar surface area (TPSA) is 17.4 Å². The average Bonchev–Trinajstić information content (AvgIpc) is 2.47. The molecule has 3 nitrogen and oxygen atoms in total. The van der Waals surface area contributed by atoms with Gasteiger partial charge < -0.3 is 9.30 Å². The minimum absolute atomic E-state index is 0.866. The van der Waals surface area contributed by atoms with Crippen LogP contribution in [0.5, 0.6) is 0 Å². The van der Waals surface area contributed by atoms with E-state index in [1.165, 1.54) is 10.0 Å². The van der Waals surface area contributed by atoms with Crippen molar-refractivity contribution in [1.29, 1.82) is 0 Å². The lowest BCUT2D eigenvalue weighted by Crippen LogP contribution is -2.35. The van der Waals surface area contributed by atoms with Gasteiger partial charge in [-0.25, -0.2) is 0 Å². The van der Waals surface area contributed by atoms with Crippen molar-refractivity contribution in [2.24, 2.45) is 7.05 Å². The number of aryl methyl sites for hydroxylation is 1. The Kier molecular flexibility index (Phi) is 3.26. The maximum atomic E-state index is 5.31. The van der Waals surface area contributed by atoms with Crippen molar-refractivity contribution in [3.8, 4) is 0 Å². The van der Waals surface area contributed by atoms with Gasteiger partial charge in [-0.3, -0.25) is 4.90 Å². The van der Waals surface area contributed by atoms with E-state index in [-0.39, 0.29) is 0 Å². The van der Waals surface area contributed by atoms with Gasteiger partial charge in [0, 0.05) is 43.5 Å². The SMILES string of the molecule is Cn1cc(Br)c(CN2CCOCC2)c1. The van der Waals surface area contributed by atoms with Crippen molar-refractivity contribution in [3.05, 3.63) is 22.4 Å². The Hall–Kier alpha value is -0.320. The average molecular weight is 259 g/mol. The van der Waals surface area contributed by atoms with Crippen LogP contribution in [0, 0.1) is 0 Å². The van der Waals surface area contributed by atoms with Gasteiger partial charge in [0.1, 0.15) is 0 Å². The van der Waals surface area contributed by atoms with Gasteiger partial charge in [-0.05, 0) is 21.5 Å². The van der Waals surface area contributed by atoms with Crippen molar-refractivity contribution < 1.29 is 4.74 Å². The normalized spacial score (nSPS) is 18.7. The molecule has 0 aliphatic carbocycles. The summed E-state index contributed by atoms with van der Waals surface area (Å²) in [6, 6.07) is 0. The summed E-state index contributed by atoms with van der Waals surface area (Å²) in [5.41, 5.74) is 1.36. The molecule has 0 amide bonds. The summed E-state index contributed by atoms with van der Waals surface area (Å²) in [6.45, 7) is 4.84. The van der Waals surface area contributed by atoms with E-state index >= 15 is 0 Å². The van der Waals surface area contributed by atoms with Crippen LogP contribution in [0.4, 0.5) is 0 Å². The molecular weight excluding hydrogens is 244 g/mol. The van der Waals surface area contributed by atoms with Crippen LogP contribution in [0.15, 0.2) is 16.9 Å². The quantitative estimate of drug-likeness (QED) is 0.803. The minimum Gasteiger partial charge on any atom is -0.379 e. The van der Waals surface area contributed by atoms with E-state index in [2.05, 4.69) is 37.8 Å². The number of nitrogens with zero attached hydrogens (tertiary/aromatic N) is 2. The van der Waals surface area contributed by atoms with Crippen LogP contribution in [-0.2, 0) is 18.3 Å². The highest BCUT2D eigenvalue weighted by atomic mass is 79.9. The highest BCUT2D eigenvalue weighted by Crippen LogP contribution is 2.19. The second-order valence-corrected chi connectivity index (χ2v) is 4.54. The third-order valence-electron chi connectivity index (χ3n) is 2.48. The molecule has 1 saturated heterocycles. The van der Waals surface area contributed by atoms with Crippen LogP contribution < -0.4 is 0 Å². The molecule has 4 heteroatoms. The Morgan fingerprint density at radius 3 is 2.64 bits per heavy atom. The van der Waals surface area contributed by atoms with E-state index < -0.39 is 0 Å². The molecule has 14 heavy (non-hydrogen) atoms. The Balaban J connectivity index is 1.98. The second-order valence-electron chi connectivity index (χ2n) is 3.69. The van der Waals surface area contributed by atoms with E-state index in [0.29, 0.717) is 0 Å². The zero-order valence-electron chi connectivity index (χ0n) is 8.37. The maximum Gasteiger partial charge on any atom is 0.0594 e. The van der Waals surface area contributed by atoms with E-state index in [4.69, 9.17) is 4.74 Å². The van der Waals surface area contributed by atoms with Crippen LogP contribution >= 0.6 is 15.9 Å². The molecule has 2 rings (SSSR count). The smallest absolute Gasteiger partial charge is 0.0594 e. The van der Waals surface area contributed by atoms with E-state index in [1.54, 1.807) is 0 Å². The fourth-order valence-electron chi connectivity index (χ4n) is 1.72. The van der Waals surface area contributed by atoms with Crippen molar-refractivity contribution in [1.82, 2.24) is 9.47 Å². The van der Waals surface area contributed by atoms with Crippen LogP contribution in [-0.4, -0.2) is 35.8 Å². The predicted octanol–water partition coefficient (Wildman–Crippen LogP) is 1.62. The summed E-state index contributed by atoms with van der Waals surface area (Å²) in [4.78, 5) is 2.42. The lowest BCUT2D eigenvalue weighted by Gasteiger charge is -2.26. The Labute approximate surface area is 92.8 Å². The molecule has 78 valence electrons. The van der Waals surface area contributed by atoms with Gasteiger partial charge in [0.05, 0.1) is 13.2 Å². The summed E-state index contributed by atoms with van der Waals surface area (Å²) < 4.78 is 8.60. The fourth-order valence-corrected chi connectivity index (χ4v) is 2.27. The standard InChI is InChI=1S/C10H15BrN2O/c1-12-6-9(10(11)8-12)7-13-2-4-14-5-3-13/h6,8H,2-5,7H2,1H3. The van der Waals surface area contributed by atoms with Crippen LogP contribution in [0.1, 0.15) is 5.56 Å². The van der Waals surface area contributed by atoms with E-state index in [1.807, 2.05) is 7.05 Å². The molecule has 1 fully saturated rings. The van der Waals surface area contributed by atoms with Gasteiger partial charge >= 0.3 is 0 Å². The number of aromatic nitrogens is 1. The second kappa shape index (κ2) is 4.47. The Morgan fingerprint density at radius 1 is 1.36 bits per heavy atom. The molecule has 1 aromatic rings.